The fraction of sp³-hybridized carbons (Fsp3) is 0.0769. The van der Waals surface area contributed by atoms with Crippen LogP contribution in [0.5, 0.6) is 0 Å². The summed E-state index contributed by atoms with van der Waals surface area (Å²) in [6.07, 6.45) is 1.18. The van der Waals surface area contributed by atoms with Gasteiger partial charge in [-0.3, -0.25) is 4.72 Å². The van der Waals surface area contributed by atoms with E-state index in [1.165, 1.54) is 24.4 Å². The van der Waals surface area contributed by atoms with Gasteiger partial charge in [0.2, 0.25) is 0 Å². The molecule has 8 heteroatoms. The van der Waals surface area contributed by atoms with Crippen LogP contribution in [0.25, 0.3) is 0 Å². The molecular weight excluding hydrogens is 290 g/mol. The number of nitrogen functional groups attached to an aromatic ring is 1. The van der Waals surface area contributed by atoms with Crippen molar-refractivity contribution in [3.05, 3.63) is 47.7 Å². The molecule has 0 saturated carbocycles. The van der Waals surface area contributed by atoms with Gasteiger partial charge in [-0.2, -0.15) is 5.26 Å². The molecule has 0 spiro atoms. The van der Waals surface area contributed by atoms with Crippen LogP contribution >= 0.6 is 0 Å². The number of nitrogens with zero attached hydrogens (tertiary/aromatic N) is 2. The number of hydrogen-bond donors (Lipinski definition) is 3. The van der Waals surface area contributed by atoms with E-state index in [-0.39, 0.29) is 16.1 Å². The lowest BCUT2D eigenvalue weighted by molar-refractivity contribution is 0.601. The minimum Gasteiger partial charge on any atom is -0.308 e. The molecule has 0 saturated heterocycles. The highest BCUT2D eigenvalue weighted by Crippen LogP contribution is 2.22. The van der Waals surface area contributed by atoms with Gasteiger partial charge in [0.25, 0.3) is 10.0 Å². The van der Waals surface area contributed by atoms with Crippen LogP contribution in [-0.4, -0.2) is 13.4 Å². The third kappa shape index (κ3) is 3.10. The van der Waals surface area contributed by atoms with Crippen molar-refractivity contribution in [1.82, 2.24) is 4.98 Å². The molecule has 0 unspecified atom stereocenters. The molecule has 7 nitrogen and oxygen atoms in total. The zero-order valence-corrected chi connectivity index (χ0v) is 12.0. The first-order valence-electron chi connectivity index (χ1n) is 5.93. The summed E-state index contributed by atoms with van der Waals surface area (Å²) < 4.78 is 26.9. The Labute approximate surface area is 122 Å². The summed E-state index contributed by atoms with van der Waals surface area (Å²) in [5.74, 6) is 5.52. The molecule has 0 amide bonds. The predicted octanol–water partition coefficient (Wildman–Crippen LogP) is 1.35. The highest BCUT2D eigenvalue weighted by atomic mass is 32.2. The van der Waals surface area contributed by atoms with Crippen molar-refractivity contribution in [2.24, 2.45) is 5.84 Å². The second-order valence-corrected chi connectivity index (χ2v) is 5.92. The van der Waals surface area contributed by atoms with E-state index in [0.29, 0.717) is 11.4 Å². The van der Waals surface area contributed by atoms with Crippen molar-refractivity contribution in [2.45, 2.75) is 11.8 Å². The SMILES string of the molecule is Cc1cccc(NS(=O)(=O)c2ccc(NN)nc2)c1C#N. The summed E-state index contributed by atoms with van der Waals surface area (Å²) in [6, 6.07) is 9.74. The van der Waals surface area contributed by atoms with Gasteiger partial charge in [-0.15, -0.1) is 0 Å². The Morgan fingerprint density at radius 1 is 1.29 bits per heavy atom. The normalized spacial score (nSPS) is 10.7. The first kappa shape index (κ1) is 14.8. The van der Waals surface area contributed by atoms with Gasteiger partial charge in [0.15, 0.2) is 0 Å². The first-order valence-corrected chi connectivity index (χ1v) is 7.41. The minimum atomic E-state index is -3.82. The maximum Gasteiger partial charge on any atom is 0.263 e. The number of sulfonamides is 1. The van der Waals surface area contributed by atoms with Crippen molar-refractivity contribution in [3.8, 4) is 6.07 Å². The second-order valence-electron chi connectivity index (χ2n) is 4.24. The Morgan fingerprint density at radius 2 is 2.05 bits per heavy atom. The third-order valence-electron chi connectivity index (χ3n) is 2.82. The van der Waals surface area contributed by atoms with E-state index in [1.54, 1.807) is 19.1 Å². The average molecular weight is 303 g/mol. The van der Waals surface area contributed by atoms with Crippen molar-refractivity contribution in [3.63, 3.8) is 0 Å². The number of nitrogens with one attached hydrogen (secondary N) is 2. The van der Waals surface area contributed by atoms with E-state index in [1.807, 2.05) is 6.07 Å². The van der Waals surface area contributed by atoms with E-state index >= 15 is 0 Å². The highest BCUT2D eigenvalue weighted by Gasteiger charge is 2.17. The quantitative estimate of drug-likeness (QED) is 0.579. The number of benzene rings is 1. The first-order chi connectivity index (χ1) is 9.97. The summed E-state index contributed by atoms with van der Waals surface area (Å²) in [4.78, 5) is 3.82. The summed E-state index contributed by atoms with van der Waals surface area (Å²) in [5.41, 5.74) is 3.53. The molecule has 1 aromatic heterocycles. The van der Waals surface area contributed by atoms with Gasteiger partial charge >= 0.3 is 0 Å². The number of aryl methyl sites for hydroxylation is 1. The van der Waals surface area contributed by atoms with E-state index < -0.39 is 10.0 Å². The number of hydrogen-bond acceptors (Lipinski definition) is 6. The number of nitriles is 1. The minimum absolute atomic E-state index is 0.0214. The number of rotatable bonds is 4. The Morgan fingerprint density at radius 3 is 2.62 bits per heavy atom. The van der Waals surface area contributed by atoms with Crippen LogP contribution in [0, 0.1) is 18.3 Å². The Bertz CT molecular complexity index is 794. The van der Waals surface area contributed by atoms with Crippen LogP contribution in [0.15, 0.2) is 41.4 Å². The maximum atomic E-state index is 12.3. The molecule has 0 bridgehead atoms. The number of nitrogens with two attached hydrogens (primary N) is 1. The molecule has 2 rings (SSSR count). The van der Waals surface area contributed by atoms with Crippen LogP contribution in [0.1, 0.15) is 11.1 Å². The summed E-state index contributed by atoms with van der Waals surface area (Å²) in [6.45, 7) is 1.74. The second kappa shape index (κ2) is 5.78. The van der Waals surface area contributed by atoms with Gasteiger partial charge < -0.3 is 5.43 Å². The molecule has 108 valence electrons. The topological polar surface area (TPSA) is 121 Å². The van der Waals surface area contributed by atoms with Crippen molar-refractivity contribution >= 4 is 21.5 Å². The van der Waals surface area contributed by atoms with Crippen LogP contribution in [0.4, 0.5) is 11.5 Å². The summed E-state index contributed by atoms with van der Waals surface area (Å²) in [5, 5.41) is 9.12. The molecule has 21 heavy (non-hydrogen) atoms. The zero-order chi connectivity index (χ0) is 15.5. The van der Waals surface area contributed by atoms with Crippen LogP contribution in [0.2, 0.25) is 0 Å². The molecule has 0 aliphatic rings. The van der Waals surface area contributed by atoms with Gasteiger partial charge in [-0.25, -0.2) is 19.2 Å². The third-order valence-corrected chi connectivity index (χ3v) is 4.17. The summed E-state index contributed by atoms with van der Waals surface area (Å²) >= 11 is 0. The molecule has 0 aliphatic heterocycles. The van der Waals surface area contributed by atoms with E-state index in [4.69, 9.17) is 11.1 Å². The zero-order valence-electron chi connectivity index (χ0n) is 11.2. The maximum absolute atomic E-state index is 12.3. The lowest BCUT2D eigenvalue weighted by Gasteiger charge is -2.10. The molecule has 1 heterocycles. The standard InChI is InChI=1S/C13H13N5O2S/c1-9-3-2-4-12(11(9)7-14)18-21(19,20)10-5-6-13(17-15)16-8-10/h2-6,8,18H,15H2,1H3,(H,16,17). The lowest BCUT2D eigenvalue weighted by atomic mass is 10.1. The lowest BCUT2D eigenvalue weighted by Crippen LogP contribution is -2.15. The number of aromatic nitrogens is 1. The number of hydrazine groups is 1. The van der Waals surface area contributed by atoms with Gasteiger partial charge in [-0.05, 0) is 30.7 Å². The summed E-state index contributed by atoms with van der Waals surface area (Å²) in [7, 11) is -3.82. The van der Waals surface area contributed by atoms with Gasteiger partial charge in [-0.1, -0.05) is 12.1 Å². The van der Waals surface area contributed by atoms with E-state index in [9.17, 15) is 8.42 Å². The van der Waals surface area contributed by atoms with Gasteiger partial charge in [0, 0.05) is 6.20 Å². The van der Waals surface area contributed by atoms with Crippen LogP contribution < -0.4 is 16.0 Å². The Kier molecular flexibility index (Phi) is 4.07. The largest absolute Gasteiger partial charge is 0.308 e. The van der Waals surface area contributed by atoms with Gasteiger partial charge in [0.05, 0.1) is 11.3 Å². The average Bonchev–Trinajstić information content (AvgIpc) is 2.47. The Hall–Kier alpha value is -2.63. The Balaban J connectivity index is 2.38. The predicted molar refractivity (Wildman–Crippen MR) is 78.7 cm³/mol. The van der Waals surface area contributed by atoms with Crippen molar-refractivity contribution in [2.75, 3.05) is 10.1 Å². The number of anilines is 2. The van der Waals surface area contributed by atoms with Crippen LogP contribution in [-0.2, 0) is 10.0 Å². The van der Waals surface area contributed by atoms with Gasteiger partial charge in [0.1, 0.15) is 16.8 Å². The molecule has 4 N–H and O–H groups in total. The highest BCUT2D eigenvalue weighted by molar-refractivity contribution is 7.92. The van der Waals surface area contributed by atoms with E-state index in [2.05, 4.69) is 15.1 Å². The van der Waals surface area contributed by atoms with Crippen molar-refractivity contribution < 1.29 is 8.42 Å². The molecule has 0 radical (unpaired) electrons. The molecule has 0 aliphatic carbocycles. The molecule has 0 fully saturated rings. The van der Waals surface area contributed by atoms with Crippen LogP contribution in [0.3, 0.4) is 0 Å². The van der Waals surface area contributed by atoms with Crippen molar-refractivity contribution in [1.29, 1.82) is 5.26 Å². The monoisotopic (exact) mass is 303 g/mol. The van der Waals surface area contributed by atoms with E-state index in [0.717, 1.165) is 0 Å². The fourth-order valence-electron chi connectivity index (χ4n) is 1.73. The molecule has 1 aromatic carbocycles. The number of pyridine rings is 1. The smallest absolute Gasteiger partial charge is 0.263 e. The fourth-order valence-corrected chi connectivity index (χ4v) is 2.75. The molecule has 0 atom stereocenters. The molecule has 2 aromatic rings. The molecular formula is C13H13N5O2S.